The lowest BCUT2D eigenvalue weighted by Crippen LogP contribution is -2.35. The first kappa shape index (κ1) is 22.5. The summed E-state index contributed by atoms with van der Waals surface area (Å²) in [5.74, 6) is -1.85. The Hall–Kier alpha value is -3.19. The Bertz CT molecular complexity index is 999. The van der Waals surface area contributed by atoms with Crippen molar-refractivity contribution in [1.82, 2.24) is 9.80 Å². The highest BCUT2D eigenvalue weighted by Crippen LogP contribution is 2.40. The fourth-order valence-corrected chi connectivity index (χ4v) is 3.56. The second kappa shape index (κ2) is 9.31. The van der Waals surface area contributed by atoms with Gasteiger partial charge in [-0.15, -0.1) is 0 Å². The minimum Gasteiger partial charge on any atom is -0.507 e. The molecule has 0 aromatic heterocycles. The first-order valence-corrected chi connectivity index (χ1v) is 10.2. The van der Waals surface area contributed by atoms with Crippen LogP contribution in [0.2, 0.25) is 0 Å². The largest absolute Gasteiger partial charge is 0.507 e. The lowest BCUT2D eigenvalue weighted by Gasteiger charge is -2.26. The zero-order valence-corrected chi connectivity index (χ0v) is 18.1. The number of hydrogen-bond acceptors (Lipinski definition) is 5. The quantitative estimate of drug-likeness (QED) is 0.416. The zero-order chi connectivity index (χ0) is 22.7. The average Bonchev–Trinajstić information content (AvgIpc) is 2.96. The third-order valence-electron chi connectivity index (χ3n) is 5.03. The maximum absolute atomic E-state index is 14.7. The number of benzene rings is 2. The Labute approximate surface area is 181 Å². The summed E-state index contributed by atoms with van der Waals surface area (Å²) in [4.78, 5) is 28.9. The summed E-state index contributed by atoms with van der Waals surface area (Å²) in [6.45, 7) is 4.50. The molecule has 1 saturated heterocycles. The molecule has 2 aromatic rings. The van der Waals surface area contributed by atoms with Crippen LogP contribution in [-0.2, 0) is 9.59 Å². The van der Waals surface area contributed by atoms with Crippen LogP contribution in [0.25, 0.3) is 5.76 Å². The van der Waals surface area contributed by atoms with Crippen molar-refractivity contribution in [3.8, 4) is 5.75 Å². The smallest absolute Gasteiger partial charge is 0.295 e. The van der Waals surface area contributed by atoms with E-state index in [1.54, 1.807) is 30.3 Å². The molecule has 0 radical (unpaired) electrons. The molecule has 1 aliphatic heterocycles. The number of likely N-dealkylation sites (tertiary alicyclic amines) is 1. The predicted octanol–water partition coefficient (Wildman–Crippen LogP) is 3.60. The van der Waals surface area contributed by atoms with E-state index in [2.05, 4.69) is 0 Å². The summed E-state index contributed by atoms with van der Waals surface area (Å²) in [6, 6.07) is 11.6. The number of ketones is 1. The monoisotopic (exact) mass is 426 g/mol. The van der Waals surface area contributed by atoms with Gasteiger partial charge in [0.1, 0.15) is 17.3 Å². The van der Waals surface area contributed by atoms with Crippen LogP contribution in [0.3, 0.4) is 0 Å². The van der Waals surface area contributed by atoms with Crippen LogP contribution in [0.15, 0.2) is 54.1 Å². The third kappa shape index (κ3) is 4.77. The fraction of sp³-hybridized carbons (Fsp3) is 0.333. The van der Waals surface area contributed by atoms with E-state index in [0.29, 0.717) is 17.9 Å². The minimum absolute atomic E-state index is 0.0116. The van der Waals surface area contributed by atoms with E-state index < -0.39 is 23.5 Å². The topological polar surface area (TPSA) is 70.1 Å². The SMILES string of the molecule is CC(C)Oc1ccc(/C(O)=C2\C(=O)C(=O)N(CCN(C)C)C2c2ccccc2F)cc1. The van der Waals surface area contributed by atoms with Crippen molar-refractivity contribution in [3.63, 3.8) is 0 Å². The Morgan fingerprint density at radius 3 is 2.35 bits per heavy atom. The number of rotatable bonds is 7. The standard InChI is InChI=1S/C24H27FN2O4/c1-15(2)31-17-11-9-16(10-12-17)22(28)20-21(18-7-5-6-8-19(18)25)27(14-13-26(3)4)24(30)23(20)29/h5-12,15,21,28H,13-14H2,1-4H3/b22-20+. The van der Waals surface area contributed by atoms with E-state index >= 15 is 0 Å². The molecule has 0 bridgehead atoms. The molecular formula is C24H27FN2O4. The molecule has 0 spiro atoms. The van der Waals surface area contributed by atoms with Gasteiger partial charge in [-0.05, 0) is 58.3 Å². The molecule has 6 nitrogen and oxygen atoms in total. The zero-order valence-electron chi connectivity index (χ0n) is 18.1. The lowest BCUT2D eigenvalue weighted by atomic mass is 9.95. The van der Waals surface area contributed by atoms with Crippen LogP contribution >= 0.6 is 0 Å². The van der Waals surface area contributed by atoms with Crippen LogP contribution in [0, 0.1) is 5.82 Å². The van der Waals surface area contributed by atoms with E-state index in [1.165, 1.54) is 23.1 Å². The number of carbonyl (C=O) groups is 2. The van der Waals surface area contributed by atoms with Gasteiger partial charge in [-0.25, -0.2) is 4.39 Å². The van der Waals surface area contributed by atoms with Crippen molar-refractivity contribution in [2.24, 2.45) is 0 Å². The highest BCUT2D eigenvalue weighted by Gasteiger charge is 2.46. The number of aliphatic hydroxyl groups excluding tert-OH is 1. The number of likely N-dealkylation sites (N-methyl/N-ethyl adjacent to an activating group) is 1. The van der Waals surface area contributed by atoms with Crippen molar-refractivity contribution in [2.75, 3.05) is 27.2 Å². The number of aliphatic hydroxyl groups is 1. The molecular weight excluding hydrogens is 399 g/mol. The van der Waals surface area contributed by atoms with Crippen molar-refractivity contribution in [1.29, 1.82) is 0 Å². The van der Waals surface area contributed by atoms with Gasteiger partial charge in [-0.3, -0.25) is 9.59 Å². The third-order valence-corrected chi connectivity index (χ3v) is 5.03. The number of Topliss-reactive ketones (excluding diaryl/α,β-unsaturated/α-hetero) is 1. The van der Waals surface area contributed by atoms with Crippen molar-refractivity contribution in [3.05, 3.63) is 71.0 Å². The van der Waals surface area contributed by atoms with Crippen LogP contribution < -0.4 is 4.74 Å². The molecule has 3 rings (SSSR count). The average molecular weight is 426 g/mol. The summed E-state index contributed by atoms with van der Waals surface area (Å²) in [5, 5.41) is 11.0. The number of amides is 1. The van der Waals surface area contributed by atoms with Crippen LogP contribution in [0.4, 0.5) is 4.39 Å². The molecule has 1 amide bonds. The summed E-state index contributed by atoms with van der Waals surface area (Å²) in [6.07, 6.45) is -0.0116. The molecule has 2 aromatic carbocycles. The van der Waals surface area contributed by atoms with Gasteiger partial charge in [-0.1, -0.05) is 18.2 Å². The second-order valence-electron chi connectivity index (χ2n) is 8.01. The Morgan fingerprint density at radius 1 is 1.13 bits per heavy atom. The van der Waals surface area contributed by atoms with Gasteiger partial charge in [-0.2, -0.15) is 0 Å². The van der Waals surface area contributed by atoms with Crippen LogP contribution in [0.5, 0.6) is 5.75 Å². The number of halogens is 1. The van der Waals surface area contributed by atoms with Gasteiger partial charge in [0.25, 0.3) is 11.7 Å². The van der Waals surface area contributed by atoms with Crippen LogP contribution in [0.1, 0.15) is 31.0 Å². The number of carbonyl (C=O) groups excluding carboxylic acids is 2. The molecule has 31 heavy (non-hydrogen) atoms. The molecule has 1 aliphatic rings. The molecule has 7 heteroatoms. The van der Waals surface area contributed by atoms with E-state index in [-0.39, 0.29) is 29.5 Å². The van der Waals surface area contributed by atoms with E-state index in [0.717, 1.165) is 0 Å². The van der Waals surface area contributed by atoms with Gasteiger partial charge in [0.05, 0.1) is 17.7 Å². The molecule has 1 heterocycles. The Kier molecular flexibility index (Phi) is 6.75. The van der Waals surface area contributed by atoms with Gasteiger partial charge < -0.3 is 19.6 Å². The molecule has 164 valence electrons. The summed E-state index contributed by atoms with van der Waals surface area (Å²) >= 11 is 0. The van der Waals surface area contributed by atoms with E-state index in [1.807, 2.05) is 32.8 Å². The fourth-order valence-electron chi connectivity index (χ4n) is 3.56. The molecule has 0 saturated carbocycles. The van der Waals surface area contributed by atoms with E-state index in [9.17, 15) is 19.1 Å². The minimum atomic E-state index is -1.01. The maximum atomic E-state index is 14.7. The van der Waals surface area contributed by atoms with Crippen molar-refractivity contribution < 1.29 is 23.8 Å². The Balaban J connectivity index is 2.09. The van der Waals surface area contributed by atoms with Gasteiger partial charge >= 0.3 is 0 Å². The van der Waals surface area contributed by atoms with Crippen molar-refractivity contribution >= 4 is 17.4 Å². The number of ether oxygens (including phenoxy) is 1. The Morgan fingerprint density at radius 2 is 1.77 bits per heavy atom. The maximum Gasteiger partial charge on any atom is 0.295 e. The normalized spacial score (nSPS) is 18.3. The first-order chi connectivity index (χ1) is 14.7. The predicted molar refractivity (Wildman–Crippen MR) is 116 cm³/mol. The summed E-state index contributed by atoms with van der Waals surface area (Å²) in [5.41, 5.74) is 0.399. The highest BCUT2D eigenvalue weighted by molar-refractivity contribution is 6.46. The highest BCUT2D eigenvalue weighted by atomic mass is 19.1. The number of hydrogen-bond donors (Lipinski definition) is 1. The molecule has 1 unspecified atom stereocenters. The molecule has 1 atom stereocenters. The molecule has 1 N–H and O–H groups in total. The summed E-state index contributed by atoms with van der Waals surface area (Å²) < 4.78 is 20.3. The molecule has 1 fully saturated rings. The number of nitrogens with zero attached hydrogens (tertiary/aromatic N) is 2. The van der Waals surface area contributed by atoms with Gasteiger partial charge in [0.2, 0.25) is 0 Å². The van der Waals surface area contributed by atoms with Gasteiger partial charge in [0, 0.05) is 24.2 Å². The first-order valence-electron chi connectivity index (χ1n) is 10.2. The van der Waals surface area contributed by atoms with E-state index in [4.69, 9.17) is 4.74 Å². The van der Waals surface area contributed by atoms with Crippen molar-refractivity contribution in [2.45, 2.75) is 26.0 Å². The second-order valence-corrected chi connectivity index (χ2v) is 8.01. The summed E-state index contributed by atoms with van der Waals surface area (Å²) in [7, 11) is 3.69. The van der Waals surface area contributed by atoms with Crippen LogP contribution in [-0.4, -0.2) is 59.9 Å². The van der Waals surface area contributed by atoms with Gasteiger partial charge in [0.15, 0.2) is 0 Å². The lowest BCUT2D eigenvalue weighted by molar-refractivity contribution is -0.140. The molecule has 0 aliphatic carbocycles.